The molecule has 1 N–H and O–H groups in total. The highest BCUT2D eigenvalue weighted by atomic mass is 16.5. The van der Waals surface area contributed by atoms with E-state index >= 15 is 0 Å². The van der Waals surface area contributed by atoms with Crippen molar-refractivity contribution in [2.75, 3.05) is 7.05 Å². The van der Waals surface area contributed by atoms with E-state index < -0.39 is 0 Å². The fraction of sp³-hybridized carbons (Fsp3) is 0.667. The van der Waals surface area contributed by atoms with Crippen molar-refractivity contribution in [2.24, 2.45) is 0 Å². The number of nitrogens with zero attached hydrogens (tertiary/aromatic N) is 2. The number of aromatic nitrogens is 2. The lowest BCUT2D eigenvalue weighted by atomic mass is 10.3. The molecule has 1 heterocycles. The van der Waals surface area contributed by atoms with Crippen molar-refractivity contribution in [2.45, 2.75) is 19.9 Å². The van der Waals surface area contributed by atoms with E-state index in [1.807, 2.05) is 14.0 Å². The van der Waals surface area contributed by atoms with Gasteiger partial charge < -0.3 is 9.84 Å². The smallest absolute Gasteiger partial charge is 0.243 e. The van der Waals surface area contributed by atoms with E-state index in [4.69, 9.17) is 4.52 Å². The Morgan fingerprint density at radius 1 is 1.60 bits per heavy atom. The van der Waals surface area contributed by atoms with Gasteiger partial charge in [-0.3, -0.25) is 0 Å². The van der Waals surface area contributed by atoms with Gasteiger partial charge in [0, 0.05) is 0 Å². The Morgan fingerprint density at radius 2 is 2.30 bits per heavy atom. The maximum Gasteiger partial charge on any atom is 0.243 e. The molecule has 56 valence electrons. The second kappa shape index (κ2) is 2.79. The molecular weight excluding hydrogens is 130 g/mol. The molecule has 1 atom stereocenters. The zero-order valence-corrected chi connectivity index (χ0v) is 6.38. The van der Waals surface area contributed by atoms with Gasteiger partial charge in [-0.2, -0.15) is 4.98 Å². The molecular formula is C6H11N3O. The van der Waals surface area contributed by atoms with Gasteiger partial charge >= 0.3 is 0 Å². The van der Waals surface area contributed by atoms with Crippen molar-refractivity contribution in [3.8, 4) is 0 Å². The SMILES string of the molecule is CN[C@H](C)c1nc(C)no1. The first-order chi connectivity index (χ1) is 4.74. The highest BCUT2D eigenvalue weighted by Crippen LogP contribution is 2.06. The van der Waals surface area contributed by atoms with Gasteiger partial charge in [-0.1, -0.05) is 5.16 Å². The molecule has 4 nitrogen and oxygen atoms in total. The van der Waals surface area contributed by atoms with Gasteiger partial charge in [0.25, 0.3) is 0 Å². The monoisotopic (exact) mass is 141 g/mol. The fourth-order valence-electron chi connectivity index (χ4n) is 0.612. The maximum absolute atomic E-state index is 4.89. The summed E-state index contributed by atoms with van der Waals surface area (Å²) in [5, 5.41) is 6.66. The average molecular weight is 141 g/mol. The molecule has 0 fully saturated rings. The van der Waals surface area contributed by atoms with Crippen LogP contribution in [0.15, 0.2) is 4.52 Å². The van der Waals surface area contributed by atoms with Crippen LogP contribution < -0.4 is 5.32 Å². The molecule has 0 saturated heterocycles. The number of hydrogen-bond donors (Lipinski definition) is 1. The molecule has 0 aliphatic carbocycles. The molecule has 0 unspecified atom stereocenters. The molecule has 4 heteroatoms. The molecule has 1 aromatic rings. The van der Waals surface area contributed by atoms with E-state index in [2.05, 4.69) is 15.5 Å². The van der Waals surface area contributed by atoms with Crippen LogP contribution in [0.5, 0.6) is 0 Å². The first-order valence-corrected chi connectivity index (χ1v) is 3.21. The molecule has 10 heavy (non-hydrogen) atoms. The molecule has 1 rings (SSSR count). The lowest BCUT2D eigenvalue weighted by molar-refractivity contribution is 0.344. The molecule has 0 bridgehead atoms. The maximum atomic E-state index is 4.89. The minimum atomic E-state index is 0.140. The number of rotatable bonds is 2. The van der Waals surface area contributed by atoms with Gasteiger partial charge in [0.15, 0.2) is 5.82 Å². The second-order valence-electron chi connectivity index (χ2n) is 2.19. The summed E-state index contributed by atoms with van der Waals surface area (Å²) in [5.41, 5.74) is 0. The van der Waals surface area contributed by atoms with Gasteiger partial charge in [-0.15, -0.1) is 0 Å². The van der Waals surface area contributed by atoms with Gasteiger partial charge in [0.2, 0.25) is 5.89 Å². The van der Waals surface area contributed by atoms with Crippen LogP contribution in [0, 0.1) is 6.92 Å². The summed E-state index contributed by atoms with van der Waals surface area (Å²) < 4.78 is 4.89. The van der Waals surface area contributed by atoms with E-state index in [-0.39, 0.29) is 6.04 Å². The van der Waals surface area contributed by atoms with Crippen molar-refractivity contribution >= 4 is 0 Å². The van der Waals surface area contributed by atoms with Crippen LogP contribution in [0.4, 0.5) is 0 Å². The van der Waals surface area contributed by atoms with E-state index in [1.165, 1.54) is 0 Å². The Labute approximate surface area is 59.6 Å². The first-order valence-electron chi connectivity index (χ1n) is 3.21. The molecule has 0 aliphatic rings. The molecule has 0 aliphatic heterocycles. The summed E-state index contributed by atoms with van der Waals surface area (Å²) in [6, 6.07) is 0.140. The second-order valence-corrected chi connectivity index (χ2v) is 2.19. The summed E-state index contributed by atoms with van der Waals surface area (Å²) in [6.45, 7) is 3.77. The highest BCUT2D eigenvalue weighted by Gasteiger charge is 2.08. The number of aryl methyl sites for hydroxylation is 1. The Kier molecular flexibility index (Phi) is 2.01. The third-order valence-electron chi connectivity index (χ3n) is 1.35. The molecule has 0 spiro atoms. The van der Waals surface area contributed by atoms with E-state index in [1.54, 1.807) is 6.92 Å². The van der Waals surface area contributed by atoms with Crippen LogP contribution in [0.25, 0.3) is 0 Å². The number of hydrogen-bond acceptors (Lipinski definition) is 4. The zero-order valence-electron chi connectivity index (χ0n) is 6.38. The zero-order chi connectivity index (χ0) is 7.56. The molecule has 0 aromatic carbocycles. The third kappa shape index (κ3) is 1.33. The van der Waals surface area contributed by atoms with Crippen LogP contribution in [-0.4, -0.2) is 17.2 Å². The predicted octanol–water partition coefficient (Wildman–Crippen LogP) is 0.658. The van der Waals surface area contributed by atoms with Gasteiger partial charge in [-0.05, 0) is 20.9 Å². The minimum Gasteiger partial charge on any atom is -0.338 e. The topological polar surface area (TPSA) is 51.0 Å². The van der Waals surface area contributed by atoms with Crippen molar-refractivity contribution in [3.05, 3.63) is 11.7 Å². The Hall–Kier alpha value is -0.900. The minimum absolute atomic E-state index is 0.140. The molecule has 0 radical (unpaired) electrons. The summed E-state index contributed by atoms with van der Waals surface area (Å²) in [5.74, 6) is 1.32. The van der Waals surface area contributed by atoms with Crippen LogP contribution in [0.1, 0.15) is 24.7 Å². The van der Waals surface area contributed by atoms with Gasteiger partial charge in [0.05, 0.1) is 6.04 Å². The quantitative estimate of drug-likeness (QED) is 0.657. The predicted molar refractivity (Wildman–Crippen MR) is 36.5 cm³/mol. The largest absolute Gasteiger partial charge is 0.338 e. The van der Waals surface area contributed by atoms with Crippen molar-refractivity contribution in [1.82, 2.24) is 15.5 Å². The normalized spacial score (nSPS) is 13.5. The van der Waals surface area contributed by atoms with Crippen molar-refractivity contribution < 1.29 is 4.52 Å². The van der Waals surface area contributed by atoms with Crippen LogP contribution in [0.3, 0.4) is 0 Å². The molecule has 0 amide bonds. The molecule has 0 saturated carbocycles. The first kappa shape index (κ1) is 7.21. The lowest BCUT2D eigenvalue weighted by Gasteiger charge is -2.00. The summed E-state index contributed by atoms with van der Waals surface area (Å²) in [6.07, 6.45) is 0. The summed E-state index contributed by atoms with van der Waals surface area (Å²) >= 11 is 0. The highest BCUT2D eigenvalue weighted by molar-refractivity contribution is 4.88. The lowest BCUT2D eigenvalue weighted by Crippen LogP contribution is -2.12. The van der Waals surface area contributed by atoms with Crippen molar-refractivity contribution in [3.63, 3.8) is 0 Å². The standard InChI is InChI=1S/C6H11N3O/c1-4(7-3)6-8-5(2)9-10-6/h4,7H,1-3H3/t4-/m1/s1. The fourth-order valence-corrected chi connectivity index (χ4v) is 0.612. The van der Waals surface area contributed by atoms with Gasteiger partial charge in [-0.25, -0.2) is 0 Å². The van der Waals surface area contributed by atoms with Crippen molar-refractivity contribution in [1.29, 1.82) is 0 Å². The van der Waals surface area contributed by atoms with Gasteiger partial charge in [0.1, 0.15) is 0 Å². The third-order valence-corrected chi connectivity index (χ3v) is 1.35. The summed E-state index contributed by atoms with van der Waals surface area (Å²) in [7, 11) is 1.85. The number of nitrogens with one attached hydrogen (secondary N) is 1. The van der Waals surface area contributed by atoms with Crippen LogP contribution in [-0.2, 0) is 0 Å². The van der Waals surface area contributed by atoms with E-state index in [0.29, 0.717) is 11.7 Å². The average Bonchev–Trinajstić information content (AvgIpc) is 2.34. The van der Waals surface area contributed by atoms with E-state index in [9.17, 15) is 0 Å². The Morgan fingerprint density at radius 3 is 2.70 bits per heavy atom. The Bertz CT molecular complexity index is 209. The Balaban J connectivity index is 2.74. The van der Waals surface area contributed by atoms with Crippen LogP contribution in [0.2, 0.25) is 0 Å². The van der Waals surface area contributed by atoms with Crippen LogP contribution >= 0.6 is 0 Å². The molecule has 1 aromatic heterocycles. The summed E-state index contributed by atoms with van der Waals surface area (Å²) in [4.78, 5) is 4.04. The van der Waals surface area contributed by atoms with E-state index in [0.717, 1.165) is 0 Å².